The number of nitro groups is 1. The number of nitrogens with zero attached hydrogens (tertiary/aromatic N) is 2. The molecule has 1 heterocycles. The molecule has 0 aliphatic rings. The third kappa shape index (κ3) is 2.03. The molecule has 0 aromatic carbocycles. The summed E-state index contributed by atoms with van der Waals surface area (Å²) in [6, 6.07) is 0.923. The molecule has 0 saturated heterocycles. The van der Waals surface area contributed by atoms with Gasteiger partial charge in [0.05, 0.1) is 4.92 Å². The normalized spacial score (nSPS) is 10.3. The second-order valence-electron chi connectivity index (χ2n) is 2.51. The van der Waals surface area contributed by atoms with Gasteiger partial charge >= 0.3 is 5.69 Å². The minimum Gasteiger partial charge on any atom is -0.365 e. The van der Waals surface area contributed by atoms with Crippen molar-refractivity contribution >= 4 is 11.6 Å². The molecule has 1 amide bonds. The lowest BCUT2D eigenvalue weighted by atomic mass is 10.1. The molecular formula is C7H5F2N3O3. The standard InChI is InChI=1S/C7H5F2N3O3/c8-6(9)4-5(12(14)15)3(7(10)13)1-2-11-4/h1-2,6H,(H2,10,13). The van der Waals surface area contributed by atoms with Gasteiger partial charge in [0.2, 0.25) is 0 Å². The Labute approximate surface area is 81.9 Å². The molecule has 1 aromatic heterocycles. The number of aromatic nitrogens is 1. The van der Waals surface area contributed by atoms with Crippen LogP contribution in [0, 0.1) is 10.1 Å². The highest BCUT2D eigenvalue weighted by atomic mass is 19.3. The zero-order valence-electron chi connectivity index (χ0n) is 7.18. The smallest absolute Gasteiger partial charge is 0.309 e. The molecule has 0 fully saturated rings. The molecule has 0 unspecified atom stereocenters. The first-order valence-electron chi connectivity index (χ1n) is 3.66. The molecule has 15 heavy (non-hydrogen) atoms. The average molecular weight is 217 g/mol. The van der Waals surface area contributed by atoms with E-state index in [1.54, 1.807) is 0 Å². The average Bonchev–Trinajstić information content (AvgIpc) is 2.16. The lowest BCUT2D eigenvalue weighted by molar-refractivity contribution is -0.386. The highest BCUT2D eigenvalue weighted by molar-refractivity contribution is 5.97. The summed E-state index contributed by atoms with van der Waals surface area (Å²) in [6.07, 6.45) is -2.26. The van der Waals surface area contributed by atoms with Crippen LogP contribution < -0.4 is 5.73 Å². The monoisotopic (exact) mass is 217 g/mol. The summed E-state index contributed by atoms with van der Waals surface area (Å²) in [5, 5.41) is 10.5. The van der Waals surface area contributed by atoms with Gasteiger partial charge in [-0.15, -0.1) is 0 Å². The number of rotatable bonds is 3. The summed E-state index contributed by atoms with van der Waals surface area (Å²) in [7, 11) is 0. The van der Waals surface area contributed by atoms with Crippen LogP contribution in [-0.2, 0) is 0 Å². The highest BCUT2D eigenvalue weighted by Gasteiger charge is 2.29. The lowest BCUT2D eigenvalue weighted by Gasteiger charge is -2.03. The lowest BCUT2D eigenvalue weighted by Crippen LogP contribution is -2.15. The molecule has 8 heteroatoms. The first-order chi connectivity index (χ1) is 6.95. The largest absolute Gasteiger partial charge is 0.365 e. The second-order valence-corrected chi connectivity index (χ2v) is 2.51. The Balaban J connectivity index is 3.48. The number of pyridine rings is 1. The molecule has 0 radical (unpaired) electrons. The van der Waals surface area contributed by atoms with Crippen molar-refractivity contribution in [2.24, 2.45) is 5.73 Å². The van der Waals surface area contributed by atoms with Gasteiger partial charge in [-0.05, 0) is 6.07 Å². The molecule has 6 nitrogen and oxygen atoms in total. The Morgan fingerprint density at radius 1 is 1.60 bits per heavy atom. The summed E-state index contributed by atoms with van der Waals surface area (Å²) in [5.41, 5.74) is 2.13. The molecule has 0 atom stereocenters. The van der Waals surface area contributed by atoms with Gasteiger partial charge in [0.25, 0.3) is 12.3 Å². The minimum atomic E-state index is -3.13. The predicted molar refractivity (Wildman–Crippen MR) is 44.4 cm³/mol. The molecule has 0 saturated carbocycles. The number of halogens is 2. The summed E-state index contributed by atoms with van der Waals surface area (Å²) in [4.78, 5) is 23.3. The number of carbonyl (C=O) groups is 1. The Kier molecular flexibility index (Phi) is 2.88. The number of primary amides is 1. The van der Waals surface area contributed by atoms with E-state index in [2.05, 4.69) is 4.98 Å². The van der Waals surface area contributed by atoms with Crippen LogP contribution in [-0.4, -0.2) is 15.8 Å². The second kappa shape index (κ2) is 3.95. The van der Waals surface area contributed by atoms with Crippen LogP contribution in [0.1, 0.15) is 22.5 Å². The SMILES string of the molecule is NC(=O)c1ccnc(C(F)F)c1[N+](=O)[O-]. The fourth-order valence-electron chi connectivity index (χ4n) is 1.02. The zero-order chi connectivity index (χ0) is 11.6. The third-order valence-electron chi connectivity index (χ3n) is 1.61. The van der Waals surface area contributed by atoms with Gasteiger partial charge in [0.15, 0.2) is 5.69 Å². The molecule has 80 valence electrons. The molecule has 0 bridgehead atoms. The van der Waals surface area contributed by atoms with E-state index >= 15 is 0 Å². The predicted octanol–water partition coefficient (Wildman–Crippen LogP) is 1.03. The topological polar surface area (TPSA) is 99.1 Å². The van der Waals surface area contributed by atoms with Crippen LogP contribution >= 0.6 is 0 Å². The molecule has 1 rings (SSSR count). The zero-order valence-corrected chi connectivity index (χ0v) is 7.18. The van der Waals surface area contributed by atoms with Gasteiger partial charge in [-0.2, -0.15) is 0 Å². The van der Waals surface area contributed by atoms with E-state index < -0.39 is 34.2 Å². The summed E-state index contributed by atoms with van der Waals surface area (Å²) < 4.78 is 24.6. The quantitative estimate of drug-likeness (QED) is 0.603. The van der Waals surface area contributed by atoms with E-state index in [-0.39, 0.29) is 0 Å². The van der Waals surface area contributed by atoms with Crippen molar-refractivity contribution < 1.29 is 18.5 Å². The maximum atomic E-state index is 12.3. The number of hydrogen-bond donors (Lipinski definition) is 1. The molecule has 0 aliphatic carbocycles. The van der Waals surface area contributed by atoms with Crippen LogP contribution in [0.3, 0.4) is 0 Å². The van der Waals surface area contributed by atoms with Crippen molar-refractivity contribution in [2.45, 2.75) is 6.43 Å². The van der Waals surface area contributed by atoms with Crippen LogP contribution in [0.4, 0.5) is 14.5 Å². The molecule has 1 aromatic rings. The summed E-state index contributed by atoms with van der Waals surface area (Å²) in [6.45, 7) is 0. The third-order valence-corrected chi connectivity index (χ3v) is 1.61. The van der Waals surface area contributed by atoms with Gasteiger partial charge in [-0.3, -0.25) is 14.9 Å². The van der Waals surface area contributed by atoms with Crippen LogP contribution in [0.2, 0.25) is 0 Å². The number of hydrogen-bond acceptors (Lipinski definition) is 4. The van der Waals surface area contributed by atoms with Crippen molar-refractivity contribution in [3.05, 3.63) is 33.6 Å². The van der Waals surface area contributed by atoms with Gasteiger partial charge in [0.1, 0.15) is 5.56 Å². The van der Waals surface area contributed by atoms with Gasteiger partial charge in [0, 0.05) is 6.20 Å². The fraction of sp³-hybridized carbons (Fsp3) is 0.143. The van der Waals surface area contributed by atoms with Crippen LogP contribution in [0.5, 0.6) is 0 Å². The Morgan fingerprint density at radius 2 is 2.20 bits per heavy atom. The van der Waals surface area contributed by atoms with Crippen molar-refractivity contribution in [3.8, 4) is 0 Å². The Bertz CT molecular complexity index is 422. The van der Waals surface area contributed by atoms with E-state index in [0.717, 1.165) is 12.3 Å². The van der Waals surface area contributed by atoms with E-state index in [1.165, 1.54) is 0 Å². The van der Waals surface area contributed by atoms with Crippen molar-refractivity contribution in [1.82, 2.24) is 4.98 Å². The Hall–Kier alpha value is -2.12. The van der Waals surface area contributed by atoms with Crippen LogP contribution in [0.25, 0.3) is 0 Å². The first kappa shape index (κ1) is 11.0. The van der Waals surface area contributed by atoms with Crippen molar-refractivity contribution in [2.75, 3.05) is 0 Å². The van der Waals surface area contributed by atoms with E-state index in [1.807, 2.05) is 0 Å². The molecule has 2 N–H and O–H groups in total. The van der Waals surface area contributed by atoms with E-state index in [9.17, 15) is 23.7 Å². The number of nitrogens with two attached hydrogens (primary N) is 1. The number of alkyl halides is 2. The maximum absolute atomic E-state index is 12.3. The van der Waals surface area contributed by atoms with E-state index in [0.29, 0.717) is 0 Å². The van der Waals surface area contributed by atoms with Crippen molar-refractivity contribution in [3.63, 3.8) is 0 Å². The van der Waals surface area contributed by atoms with E-state index in [4.69, 9.17) is 5.73 Å². The molecular weight excluding hydrogens is 212 g/mol. The van der Waals surface area contributed by atoms with Gasteiger partial charge < -0.3 is 5.73 Å². The van der Waals surface area contributed by atoms with Gasteiger partial charge in [-0.1, -0.05) is 0 Å². The van der Waals surface area contributed by atoms with Crippen molar-refractivity contribution in [1.29, 1.82) is 0 Å². The molecule has 0 spiro atoms. The molecule has 0 aliphatic heterocycles. The van der Waals surface area contributed by atoms with Crippen LogP contribution in [0.15, 0.2) is 12.3 Å². The highest BCUT2D eigenvalue weighted by Crippen LogP contribution is 2.29. The number of amides is 1. The number of carbonyl (C=O) groups excluding carboxylic acids is 1. The first-order valence-corrected chi connectivity index (χ1v) is 3.66. The maximum Gasteiger partial charge on any atom is 0.309 e. The minimum absolute atomic E-state index is 0.578. The van der Waals surface area contributed by atoms with Gasteiger partial charge in [-0.25, -0.2) is 13.8 Å². The summed E-state index contributed by atoms with van der Waals surface area (Å²) in [5.74, 6) is -1.15. The fourth-order valence-corrected chi connectivity index (χ4v) is 1.02. The summed E-state index contributed by atoms with van der Waals surface area (Å²) >= 11 is 0. The Morgan fingerprint density at radius 3 is 2.60 bits per heavy atom.